The van der Waals surface area contributed by atoms with E-state index in [2.05, 4.69) is 17.6 Å². The molecule has 0 saturated carbocycles. The lowest BCUT2D eigenvalue weighted by Gasteiger charge is -2.06. The number of rotatable bonds is 10. The molecule has 100 valence electrons. The smallest absolute Gasteiger partial charge is 0.219 e. The number of amides is 2. The molecule has 0 aromatic carbocycles. The van der Waals surface area contributed by atoms with Gasteiger partial charge < -0.3 is 10.6 Å². The number of hydrogen-bond donors (Lipinski definition) is 2. The summed E-state index contributed by atoms with van der Waals surface area (Å²) in [7, 11) is 0. The Bertz CT molecular complexity index is 217. The second-order valence-electron chi connectivity index (χ2n) is 4.26. The molecule has 4 nitrogen and oxygen atoms in total. The molecule has 0 spiro atoms. The molecule has 0 heterocycles. The number of hydrogen-bond acceptors (Lipinski definition) is 2. The molecule has 4 heteroatoms. The molecule has 0 saturated heterocycles. The van der Waals surface area contributed by atoms with Crippen molar-refractivity contribution in [2.75, 3.05) is 13.1 Å². The van der Waals surface area contributed by atoms with E-state index in [4.69, 9.17) is 0 Å². The lowest BCUT2D eigenvalue weighted by Crippen LogP contribution is -2.29. The summed E-state index contributed by atoms with van der Waals surface area (Å²) in [5.74, 6) is 0.222. The molecule has 0 aromatic rings. The molecule has 0 bridgehead atoms. The lowest BCUT2D eigenvalue weighted by molar-refractivity contribution is -0.121. The predicted molar refractivity (Wildman–Crippen MR) is 69.7 cm³/mol. The van der Waals surface area contributed by atoms with Gasteiger partial charge in [-0.1, -0.05) is 26.7 Å². The van der Waals surface area contributed by atoms with E-state index in [1.807, 2.05) is 6.92 Å². The summed E-state index contributed by atoms with van der Waals surface area (Å²) < 4.78 is 0. The summed E-state index contributed by atoms with van der Waals surface area (Å²) in [4.78, 5) is 22.4. The zero-order valence-corrected chi connectivity index (χ0v) is 11.2. The largest absolute Gasteiger partial charge is 0.356 e. The van der Waals surface area contributed by atoms with Gasteiger partial charge in [0.1, 0.15) is 0 Å². The maximum Gasteiger partial charge on any atom is 0.219 e. The molecule has 0 aliphatic rings. The first-order valence-corrected chi connectivity index (χ1v) is 6.74. The first kappa shape index (κ1) is 15.9. The second kappa shape index (κ2) is 11.4. The third-order valence-corrected chi connectivity index (χ3v) is 2.48. The first-order chi connectivity index (χ1) is 8.20. The molecule has 17 heavy (non-hydrogen) atoms. The Kier molecular flexibility index (Phi) is 10.7. The van der Waals surface area contributed by atoms with Crippen LogP contribution in [0.4, 0.5) is 0 Å². The van der Waals surface area contributed by atoms with Crippen LogP contribution in [0.15, 0.2) is 0 Å². The maximum absolute atomic E-state index is 11.3. The summed E-state index contributed by atoms with van der Waals surface area (Å²) in [6.45, 7) is 5.40. The van der Waals surface area contributed by atoms with Gasteiger partial charge in [-0.15, -0.1) is 0 Å². The Labute approximate surface area is 105 Å². The summed E-state index contributed by atoms with van der Waals surface area (Å²) in [6, 6.07) is 0. The highest BCUT2D eigenvalue weighted by atomic mass is 16.2. The number of unbranched alkanes of at least 4 members (excludes halogenated alkanes) is 2. The maximum atomic E-state index is 11.3. The zero-order chi connectivity index (χ0) is 12.9. The second-order valence-corrected chi connectivity index (χ2v) is 4.26. The highest BCUT2D eigenvalue weighted by Gasteiger charge is 2.00. The van der Waals surface area contributed by atoms with Crippen LogP contribution in [0.5, 0.6) is 0 Å². The minimum absolute atomic E-state index is 0.0989. The van der Waals surface area contributed by atoms with Gasteiger partial charge in [0.25, 0.3) is 0 Å². The molecule has 0 atom stereocenters. The van der Waals surface area contributed by atoms with Gasteiger partial charge in [0.05, 0.1) is 0 Å². The van der Waals surface area contributed by atoms with Crippen molar-refractivity contribution in [2.45, 2.75) is 58.8 Å². The van der Waals surface area contributed by atoms with Crippen molar-refractivity contribution in [1.29, 1.82) is 0 Å². The van der Waals surface area contributed by atoms with E-state index >= 15 is 0 Å². The number of carbonyl (C=O) groups is 2. The summed E-state index contributed by atoms with van der Waals surface area (Å²) in [6.07, 6.45) is 6.10. The van der Waals surface area contributed by atoms with Crippen molar-refractivity contribution >= 4 is 11.8 Å². The standard InChI is InChI=1S/C13H26N2O2/c1-3-5-6-9-13(17)15-11-7-10-14-12(16)8-4-2/h3-11H2,1-2H3,(H,14,16)(H,15,17). The summed E-state index contributed by atoms with van der Waals surface area (Å²) in [5, 5.41) is 5.68. The van der Waals surface area contributed by atoms with Crippen molar-refractivity contribution in [1.82, 2.24) is 10.6 Å². The SMILES string of the molecule is CCCCCC(=O)NCCCNC(=O)CCC. The normalized spacial score (nSPS) is 10.0. The van der Waals surface area contributed by atoms with Crippen molar-refractivity contribution in [2.24, 2.45) is 0 Å². The van der Waals surface area contributed by atoms with Crippen molar-refractivity contribution in [3.8, 4) is 0 Å². The minimum atomic E-state index is 0.0989. The monoisotopic (exact) mass is 242 g/mol. The molecule has 0 unspecified atom stereocenters. The number of nitrogens with one attached hydrogen (secondary N) is 2. The molecule has 0 rings (SSSR count). The van der Waals surface area contributed by atoms with Crippen LogP contribution in [0.3, 0.4) is 0 Å². The Morgan fingerprint density at radius 3 is 1.88 bits per heavy atom. The summed E-state index contributed by atoms with van der Waals surface area (Å²) >= 11 is 0. The van der Waals surface area contributed by atoms with E-state index in [9.17, 15) is 9.59 Å². The molecule has 0 fully saturated rings. The molecular weight excluding hydrogens is 216 g/mol. The quantitative estimate of drug-likeness (QED) is 0.576. The van der Waals surface area contributed by atoms with E-state index in [-0.39, 0.29) is 11.8 Å². The van der Waals surface area contributed by atoms with Crippen LogP contribution < -0.4 is 10.6 Å². The molecular formula is C13H26N2O2. The molecule has 0 aliphatic carbocycles. The Hall–Kier alpha value is -1.06. The van der Waals surface area contributed by atoms with Crippen molar-refractivity contribution in [3.63, 3.8) is 0 Å². The van der Waals surface area contributed by atoms with Crippen LogP contribution in [0.2, 0.25) is 0 Å². The van der Waals surface area contributed by atoms with Gasteiger partial charge in [0.15, 0.2) is 0 Å². The minimum Gasteiger partial charge on any atom is -0.356 e. The Morgan fingerprint density at radius 1 is 0.765 bits per heavy atom. The summed E-state index contributed by atoms with van der Waals surface area (Å²) in [5.41, 5.74) is 0. The van der Waals surface area contributed by atoms with Crippen LogP contribution in [-0.2, 0) is 9.59 Å². The zero-order valence-electron chi connectivity index (χ0n) is 11.2. The third-order valence-electron chi connectivity index (χ3n) is 2.48. The average molecular weight is 242 g/mol. The third kappa shape index (κ3) is 11.2. The van der Waals surface area contributed by atoms with E-state index in [1.54, 1.807) is 0 Å². The number of carbonyl (C=O) groups excluding carboxylic acids is 2. The van der Waals surface area contributed by atoms with Crippen molar-refractivity contribution in [3.05, 3.63) is 0 Å². The molecule has 0 radical (unpaired) electrons. The fraction of sp³-hybridized carbons (Fsp3) is 0.846. The molecule has 2 amide bonds. The van der Waals surface area contributed by atoms with Crippen LogP contribution in [-0.4, -0.2) is 24.9 Å². The molecule has 2 N–H and O–H groups in total. The predicted octanol–water partition coefficient (Wildman–Crippen LogP) is 1.99. The van der Waals surface area contributed by atoms with Gasteiger partial charge in [-0.2, -0.15) is 0 Å². The van der Waals surface area contributed by atoms with Gasteiger partial charge in [-0.25, -0.2) is 0 Å². The fourth-order valence-electron chi connectivity index (χ4n) is 1.48. The van der Waals surface area contributed by atoms with E-state index < -0.39 is 0 Å². The van der Waals surface area contributed by atoms with Crippen molar-refractivity contribution < 1.29 is 9.59 Å². The van der Waals surface area contributed by atoms with Gasteiger partial charge >= 0.3 is 0 Å². The Morgan fingerprint density at radius 2 is 1.35 bits per heavy atom. The van der Waals surface area contributed by atoms with E-state index in [1.165, 1.54) is 0 Å². The van der Waals surface area contributed by atoms with Gasteiger partial charge in [-0.05, 0) is 19.3 Å². The topological polar surface area (TPSA) is 58.2 Å². The molecule has 0 aromatic heterocycles. The van der Waals surface area contributed by atoms with Crippen LogP contribution in [0.1, 0.15) is 58.8 Å². The van der Waals surface area contributed by atoms with Crippen LogP contribution in [0.25, 0.3) is 0 Å². The lowest BCUT2D eigenvalue weighted by atomic mass is 10.2. The molecule has 0 aliphatic heterocycles. The van der Waals surface area contributed by atoms with E-state index in [0.29, 0.717) is 25.9 Å². The fourth-order valence-corrected chi connectivity index (χ4v) is 1.48. The first-order valence-electron chi connectivity index (χ1n) is 6.74. The van der Waals surface area contributed by atoms with Gasteiger partial charge in [0, 0.05) is 25.9 Å². The highest BCUT2D eigenvalue weighted by Crippen LogP contribution is 1.98. The van der Waals surface area contributed by atoms with Crippen LogP contribution in [0, 0.1) is 0 Å². The van der Waals surface area contributed by atoms with Gasteiger partial charge in [-0.3, -0.25) is 9.59 Å². The van der Waals surface area contributed by atoms with Crippen LogP contribution >= 0.6 is 0 Å². The average Bonchev–Trinajstić information content (AvgIpc) is 2.29. The Balaban J connectivity index is 3.27. The highest BCUT2D eigenvalue weighted by molar-refractivity contribution is 5.76. The van der Waals surface area contributed by atoms with E-state index in [0.717, 1.165) is 32.1 Å². The van der Waals surface area contributed by atoms with Gasteiger partial charge in [0.2, 0.25) is 11.8 Å².